The van der Waals surface area contributed by atoms with Gasteiger partial charge >= 0.3 is 0 Å². The van der Waals surface area contributed by atoms with Crippen molar-refractivity contribution in [3.05, 3.63) is 30.1 Å². The van der Waals surface area contributed by atoms with E-state index < -0.39 is 5.60 Å². The molecule has 0 amide bonds. The van der Waals surface area contributed by atoms with Crippen LogP contribution >= 0.6 is 0 Å². The summed E-state index contributed by atoms with van der Waals surface area (Å²) in [6.07, 6.45) is 3.64. The first-order valence-corrected chi connectivity index (χ1v) is 7.19. The van der Waals surface area contributed by atoms with Crippen molar-refractivity contribution in [2.45, 2.75) is 31.9 Å². The first-order valence-electron chi connectivity index (χ1n) is 7.19. The quantitative estimate of drug-likeness (QED) is 0.888. The topological polar surface area (TPSA) is 52.8 Å². The molecule has 3 heterocycles. The number of aliphatic hydroxyl groups is 1. The van der Waals surface area contributed by atoms with Gasteiger partial charge in [-0.2, -0.15) is 0 Å². The molecule has 0 aliphatic carbocycles. The van der Waals surface area contributed by atoms with Gasteiger partial charge in [-0.1, -0.05) is 6.07 Å². The van der Waals surface area contributed by atoms with Gasteiger partial charge in [0, 0.05) is 25.8 Å². The maximum atomic E-state index is 10.1. The average molecular weight is 274 g/mol. The van der Waals surface area contributed by atoms with Crippen LogP contribution in [0.25, 0.3) is 5.65 Å². The van der Waals surface area contributed by atoms with Gasteiger partial charge in [0.05, 0.1) is 11.3 Å². The number of fused-ring (bicyclic) bond motifs is 1. The molecule has 0 unspecified atom stereocenters. The van der Waals surface area contributed by atoms with E-state index in [0.717, 1.165) is 43.9 Å². The van der Waals surface area contributed by atoms with Crippen molar-refractivity contribution in [3.63, 3.8) is 0 Å². The number of hydrogen-bond donors (Lipinski definition) is 2. The molecule has 3 rings (SSSR count). The third-order valence-corrected chi connectivity index (χ3v) is 4.09. The Balaban J connectivity index is 1.96. The number of nitrogens with one attached hydrogen (secondary N) is 1. The van der Waals surface area contributed by atoms with Crippen LogP contribution in [0.1, 0.15) is 25.5 Å². The summed E-state index contributed by atoms with van der Waals surface area (Å²) in [5.41, 5.74) is 1.63. The first kappa shape index (κ1) is 13.4. The van der Waals surface area contributed by atoms with E-state index in [0.29, 0.717) is 0 Å². The Bertz CT molecular complexity index is 595. The fraction of sp³-hybridized carbons (Fsp3) is 0.533. The highest BCUT2D eigenvalue weighted by atomic mass is 16.3. The van der Waals surface area contributed by atoms with Crippen molar-refractivity contribution < 1.29 is 5.11 Å². The van der Waals surface area contributed by atoms with Crippen molar-refractivity contribution in [1.82, 2.24) is 14.7 Å². The molecule has 1 aliphatic rings. The number of piperidine rings is 1. The number of pyridine rings is 1. The maximum absolute atomic E-state index is 10.1. The molecule has 0 saturated carbocycles. The molecule has 1 aliphatic heterocycles. The number of rotatable bonds is 3. The maximum Gasteiger partial charge on any atom is 0.152 e. The lowest BCUT2D eigenvalue weighted by Crippen LogP contribution is -2.43. The van der Waals surface area contributed by atoms with Crippen LogP contribution in [0.2, 0.25) is 0 Å². The van der Waals surface area contributed by atoms with Gasteiger partial charge < -0.3 is 19.7 Å². The second-order valence-corrected chi connectivity index (χ2v) is 5.83. The third-order valence-electron chi connectivity index (χ3n) is 4.09. The second kappa shape index (κ2) is 5.07. The summed E-state index contributed by atoms with van der Waals surface area (Å²) >= 11 is 0. The molecule has 108 valence electrons. The Hall–Kier alpha value is -1.59. The summed E-state index contributed by atoms with van der Waals surface area (Å²) in [4.78, 5) is 7.06. The van der Waals surface area contributed by atoms with Crippen LogP contribution in [-0.4, -0.2) is 40.2 Å². The summed E-state index contributed by atoms with van der Waals surface area (Å²) < 4.78 is 2.14. The SMILES string of the molecule is CNCc1c(N2CCC(C)(O)CC2)nc2ccccn12. The molecular weight excluding hydrogens is 252 g/mol. The van der Waals surface area contributed by atoms with Crippen molar-refractivity contribution in [2.24, 2.45) is 0 Å². The first-order chi connectivity index (χ1) is 9.61. The van der Waals surface area contributed by atoms with E-state index in [4.69, 9.17) is 4.98 Å². The second-order valence-electron chi connectivity index (χ2n) is 5.83. The number of aromatic nitrogens is 2. The Kier molecular flexibility index (Phi) is 3.40. The lowest BCUT2D eigenvalue weighted by atomic mass is 9.94. The zero-order valence-corrected chi connectivity index (χ0v) is 12.1. The molecular formula is C15H22N4O. The lowest BCUT2D eigenvalue weighted by Gasteiger charge is -2.36. The van der Waals surface area contributed by atoms with E-state index in [1.807, 2.05) is 32.2 Å². The van der Waals surface area contributed by atoms with Gasteiger partial charge in [0.2, 0.25) is 0 Å². The van der Waals surface area contributed by atoms with Crippen LogP contribution in [0.3, 0.4) is 0 Å². The highest BCUT2D eigenvalue weighted by Crippen LogP contribution is 2.28. The van der Waals surface area contributed by atoms with E-state index in [-0.39, 0.29) is 0 Å². The summed E-state index contributed by atoms with van der Waals surface area (Å²) in [7, 11) is 1.95. The van der Waals surface area contributed by atoms with Crippen LogP contribution in [0.15, 0.2) is 24.4 Å². The van der Waals surface area contributed by atoms with E-state index >= 15 is 0 Å². The number of anilines is 1. The van der Waals surface area contributed by atoms with Gasteiger partial charge in [0.15, 0.2) is 5.82 Å². The summed E-state index contributed by atoms with van der Waals surface area (Å²) in [5, 5.41) is 13.3. The third kappa shape index (κ3) is 2.39. The van der Waals surface area contributed by atoms with E-state index in [2.05, 4.69) is 20.8 Å². The highest BCUT2D eigenvalue weighted by Gasteiger charge is 2.29. The van der Waals surface area contributed by atoms with Crippen LogP contribution in [0, 0.1) is 0 Å². The molecule has 5 heteroatoms. The smallest absolute Gasteiger partial charge is 0.152 e. The van der Waals surface area contributed by atoms with Gasteiger partial charge in [-0.15, -0.1) is 0 Å². The van der Waals surface area contributed by atoms with E-state index in [1.54, 1.807) is 0 Å². The Morgan fingerprint density at radius 2 is 2.10 bits per heavy atom. The Labute approximate surface area is 119 Å². The Morgan fingerprint density at radius 1 is 1.35 bits per heavy atom. The zero-order valence-electron chi connectivity index (χ0n) is 12.1. The van der Waals surface area contributed by atoms with Crippen LogP contribution in [-0.2, 0) is 6.54 Å². The number of imidazole rings is 1. The number of nitrogens with zero attached hydrogens (tertiary/aromatic N) is 3. The largest absolute Gasteiger partial charge is 0.390 e. The normalized spacial score (nSPS) is 18.6. The predicted octanol–water partition coefficient (Wildman–Crippen LogP) is 1.40. The fourth-order valence-corrected chi connectivity index (χ4v) is 2.82. The summed E-state index contributed by atoms with van der Waals surface area (Å²) in [6, 6.07) is 6.07. The van der Waals surface area contributed by atoms with Gasteiger partial charge in [-0.3, -0.25) is 0 Å². The van der Waals surface area contributed by atoms with E-state index in [1.165, 1.54) is 5.69 Å². The molecule has 2 aromatic heterocycles. The number of hydrogen-bond acceptors (Lipinski definition) is 4. The molecule has 0 aromatic carbocycles. The molecule has 20 heavy (non-hydrogen) atoms. The van der Waals surface area contributed by atoms with Gasteiger partial charge in [-0.25, -0.2) is 4.98 Å². The van der Waals surface area contributed by atoms with Gasteiger partial charge in [-0.05, 0) is 38.9 Å². The Morgan fingerprint density at radius 3 is 2.80 bits per heavy atom. The van der Waals surface area contributed by atoms with Crippen LogP contribution < -0.4 is 10.2 Å². The molecule has 1 fully saturated rings. The highest BCUT2D eigenvalue weighted by molar-refractivity contribution is 5.56. The van der Waals surface area contributed by atoms with Gasteiger partial charge in [0.25, 0.3) is 0 Å². The zero-order chi connectivity index (χ0) is 14.2. The molecule has 0 radical (unpaired) electrons. The minimum Gasteiger partial charge on any atom is -0.390 e. The predicted molar refractivity (Wildman–Crippen MR) is 80.0 cm³/mol. The van der Waals surface area contributed by atoms with Crippen molar-refractivity contribution >= 4 is 11.5 Å². The molecule has 2 aromatic rings. The monoisotopic (exact) mass is 274 g/mol. The fourth-order valence-electron chi connectivity index (χ4n) is 2.82. The van der Waals surface area contributed by atoms with Gasteiger partial charge in [0.1, 0.15) is 5.65 Å². The van der Waals surface area contributed by atoms with Crippen molar-refractivity contribution in [1.29, 1.82) is 0 Å². The lowest BCUT2D eigenvalue weighted by molar-refractivity contribution is 0.0350. The standard InChI is InChI=1S/C15H22N4O/c1-15(20)6-9-18(10-7-15)14-12(11-16-2)19-8-4-3-5-13(19)17-14/h3-5,8,16,20H,6-7,9-11H2,1-2H3. The summed E-state index contributed by atoms with van der Waals surface area (Å²) in [5.74, 6) is 1.04. The summed E-state index contributed by atoms with van der Waals surface area (Å²) in [6.45, 7) is 4.41. The van der Waals surface area contributed by atoms with Crippen LogP contribution in [0.4, 0.5) is 5.82 Å². The molecule has 0 bridgehead atoms. The molecule has 1 saturated heterocycles. The minimum absolute atomic E-state index is 0.529. The van der Waals surface area contributed by atoms with Crippen LogP contribution in [0.5, 0.6) is 0 Å². The van der Waals surface area contributed by atoms with Crippen molar-refractivity contribution in [3.8, 4) is 0 Å². The molecule has 5 nitrogen and oxygen atoms in total. The molecule has 2 N–H and O–H groups in total. The minimum atomic E-state index is -0.529. The average Bonchev–Trinajstić information content (AvgIpc) is 2.78. The van der Waals surface area contributed by atoms with E-state index in [9.17, 15) is 5.11 Å². The molecule has 0 spiro atoms. The molecule has 0 atom stereocenters. The van der Waals surface area contributed by atoms with Crippen molar-refractivity contribution in [2.75, 3.05) is 25.0 Å².